The quantitative estimate of drug-likeness (QED) is 0.707. The molecule has 0 aliphatic rings. The average Bonchev–Trinajstić information content (AvgIpc) is 2.90. The molecule has 0 aliphatic heterocycles. The van der Waals surface area contributed by atoms with E-state index in [4.69, 9.17) is 39.3 Å². The SMILES string of the molecule is Oc1ccc(Cl)c(-c2nc(-c3cc(Cl)cc(Cl)c3)no2)c1. The van der Waals surface area contributed by atoms with Crippen LogP contribution in [0.5, 0.6) is 5.75 Å². The first-order valence-electron chi connectivity index (χ1n) is 5.82. The number of rotatable bonds is 2. The lowest BCUT2D eigenvalue weighted by Gasteiger charge is -1.99. The number of benzene rings is 2. The van der Waals surface area contributed by atoms with Crippen molar-refractivity contribution in [1.29, 1.82) is 0 Å². The molecule has 4 nitrogen and oxygen atoms in total. The van der Waals surface area contributed by atoms with Crippen LogP contribution in [0.2, 0.25) is 15.1 Å². The standard InChI is InChI=1S/C14H7Cl3N2O2/c15-8-3-7(4-9(16)5-8)13-18-14(21-19-13)11-6-10(20)1-2-12(11)17/h1-6,20H. The minimum Gasteiger partial charge on any atom is -0.508 e. The van der Waals surface area contributed by atoms with Gasteiger partial charge >= 0.3 is 0 Å². The normalized spacial score (nSPS) is 10.8. The van der Waals surface area contributed by atoms with Crippen molar-refractivity contribution in [1.82, 2.24) is 10.1 Å². The number of halogens is 3. The fourth-order valence-electron chi connectivity index (χ4n) is 1.81. The first-order valence-corrected chi connectivity index (χ1v) is 6.95. The number of hydrogen-bond acceptors (Lipinski definition) is 4. The highest BCUT2D eigenvalue weighted by Gasteiger charge is 2.15. The summed E-state index contributed by atoms with van der Waals surface area (Å²) in [5, 5.41) is 14.7. The molecule has 7 heteroatoms. The summed E-state index contributed by atoms with van der Waals surface area (Å²) in [6.45, 7) is 0. The van der Waals surface area contributed by atoms with Crippen molar-refractivity contribution in [2.24, 2.45) is 0 Å². The number of aromatic nitrogens is 2. The topological polar surface area (TPSA) is 59.2 Å². The van der Waals surface area contributed by atoms with Gasteiger partial charge in [0, 0.05) is 15.6 Å². The van der Waals surface area contributed by atoms with E-state index in [-0.39, 0.29) is 11.6 Å². The van der Waals surface area contributed by atoms with Crippen LogP contribution in [0.25, 0.3) is 22.8 Å². The van der Waals surface area contributed by atoms with E-state index in [0.717, 1.165) is 0 Å². The van der Waals surface area contributed by atoms with Crippen LogP contribution in [0.15, 0.2) is 40.9 Å². The predicted octanol–water partition coefficient (Wildman–Crippen LogP) is 5.07. The third-order valence-electron chi connectivity index (χ3n) is 2.73. The van der Waals surface area contributed by atoms with Gasteiger partial charge in [0.2, 0.25) is 5.82 Å². The van der Waals surface area contributed by atoms with Crippen LogP contribution in [-0.2, 0) is 0 Å². The Kier molecular flexibility index (Phi) is 3.76. The summed E-state index contributed by atoms with van der Waals surface area (Å²) in [4.78, 5) is 4.24. The molecule has 3 rings (SSSR count). The Labute approximate surface area is 134 Å². The van der Waals surface area contributed by atoms with Crippen molar-refractivity contribution in [3.63, 3.8) is 0 Å². The molecular weight excluding hydrogens is 335 g/mol. The smallest absolute Gasteiger partial charge is 0.259 e. The van der Waals surface area contributed by atoms with Crippen molar-refractivity contribution < 1.29 is 9.63 Å². The maximum absolute atomic E-state index is 9.51. The third-order valence-corrected chi connectivity index (χ3v) is 3.49. The van der Waals surface area contributed by atoms with Crippen LogP contribution in [0.4, 0.5) is 0 Å². The van der Waals surface area contributed by atoms with Crippen LogP contribution in [0.1, 0.15) is 0 Å². The maximum atomic E-state index is 9.51. The summed E-state index contributed by atoms with van der Waals surface area (Å²) < 4.78 is 5.18. The molecule has 3 aromatic rings. The molecule has 106 valence electrons. The molecular formula is C14H7Cl3N2O2. The number of hydrogen-bond donors (Lipinski definition) is 1. The molecule has 0 saturated carbocycles. The van der Waals surface area contributed by atoms with Gasteiger partial charge in [-0.1, -0.05) is 40.0 Å². The Hall–Kier alpha value is -1.75. The van der Waals surface area contributed by atoms with E-state index in [2.05, 4.69) is 10.1 Å². The molecule has 0 fully saturated rings. The summed E-state index contributed by atoms with van der Waals surface area (Å²) in [7, 11) is 0. The van der Waals surface area contributed by atoms with E-state index < -0.39 is 0 Å². The Morgan fingerprint density at radius 1 is 0.952 bits per heavy atom. The molecule has 0 spiro atoms. The van der Waals surface area contributed by atoms with Gasteiger partial charge in [-0.05, 0) is 36.4 Å². The molecule has 0 amide bonds. The lowest BCUT2D eigenvalue weighted by molar-refractivity contribution is 0.431. The van der Waals surface area contributed by atoms with Crippen molar-refractivity contribution >= 4 is 34.8 Å². The first kappa shape index (κ1) is 14.2. The summed E-state index contributed by atoms with van der Waals surface area (Å²) in [6.07, 6.45) is 0. The molecule has 0 bridgehead atoms. The summed E-state index contributed by atoms with van der Waals surface area (Å²) in [5.41, 5.74) is 1.07. The van der Waals surface area contributed by atoms with Gasteiger partial charge in [-0.2, -0.15) is 4.98 Å². The van der Waals surface area contributed by atoms with E-state index in [1.807, 2.05) is 0 Å². The van der Waals surface area contributed by atoms with Crippen molar-refractivity contribution in [2.45, 2.75) is 0 Å². The molecule has 0 atom stereocenters. The molecule has 2 aromatic carbocycles. The average molecular weight is 342 g/mol. The monoisotopic (exact) mass is 340 g/mol. The Morgan fingerprint density at radius 2 is 1.67 bits per heavy atom. The molecule has 0 saturated heterocycles. The highest BCUT2D eigenvalue weighted by atomic mass is 35.5. The third kappa shape index (κ3) is 2.97. The van der Waals surface area contributed by atoms with Gasteiger partial charge in [0.05, 0.1) is 10.6 Å². The maximum Gasteiger partial charge on any atom is 0.259 e. The second kappa shape index (κ2) is 5.56. The Bertz CT molecular complexity index is 797. The zero-order valence-corrected chi connectivity index (χ0v) is 12.6. The zero-order chi connectivity index (χ0) is 15.0. The van der Waals surface area contributed by atoms with Crippen LogP contribution in [0.3, 0.4) is 0 Å². The summed E-state index contributed by atoms with van der Waals surface area (Å²) in [6, 6.07) is 9.43. The van der Waals surface area contributed by atoms with Crippen molar-refractivity contribution in [2.75, 3.05) is 0 Å². The lowest BCUT2D eigenvalue weighted by Crippen LogP contribution is -1.83. The minimum absolute atomic E-state index is 0.0555. The van der Waals surface area contributed by atoms with Gasteiger partial charge in [-0.15, -0.1) is 0 Å². The Morgan fingerprint density at radius 3 is 2.38 bits per heavy atom. The molecule has 21 heavy (non-hydrogen) atoms. The second-order valence-corrected chi connectivity index (χ2v) is 5.53. The van der Waals surface area contributed by atoms with Gasteiger partial charge in [0.1, 0.15) is 5.75 Å². The van der Waals surface area contributed by atoms with E-state index in [1.54, 1.807) is 24.3 Å². The van der Waals surface area contributed by atoms with Crippen molar-refractivity contribution in [3.05, 3.63) is 51.5 Å². The largest absolute Gasteiger partial charge is 0.508 e. The van der Waals surface area contributed by atoms with Crippen LogP contribution < -0.4 is 0 Å². The predicted molar refractivity (Wildman–Crippen MR) is 81.9 cm³/mol. The van der Waals surface area contributed by atoms with E-state index in [0.29, 0.717) is 32.0 Å². The molecule has 1 aromatic heterocycles. The Balaban J connectivity index is 2.05. The van der Waals surface area contributed by atoms with E-state index in [1.165, 1.54) is 12.1 Å². The van der Waals surface area contributed by atoms with E-state index >= 15 is 0 Å². The molecule has 0 unspecified atom stereocenters. The number of phenolic OH excluding ortho intramolecular Hbond substituents is 1. The lowest BCUT2D eigenvalue weighted by atomic mass is 10.2. The van der Waals surface area contributed by atoms with Gasteiger partial charge in [0.25, 0.3) is 5.89 Å². The molecule has 0 aliphatic carbocycles. The van der Waals surface area contributed by atoms with Crippen LogP contribution in [-0.4, -0.2) is 15.2 Å². The van der Waals surface area contributed by atoms with Crippen molar-refractivity contribution in [3.8, 4) is 28.6 Å². The van der Waals surface area contributed by atoms with Crippen LogP contribution >= 0.6 is 34.8 Å². The van der Waals surface area contributed by atoms with E-state index in [9.17, 15) is 5.11 Å². The van der Waals surface area contributed by atoms with Gasteiger partial charge in [-0.3, -0.25) is 0 Å². The fourth-order valence-corrected chi connectivity index (χ4v) is 2.53. The zero-order valence-electron chi connectivity index (χ0n) is 10.3. The summed E-state index contributed by atoms with van der Waals surface area (Å²) >= 11 is 17.9. The highest BCUT2D eigenvalue weighted by Crippen LogP contribution is 2.32. The van der Waals surface area contributed by atoms with Gasteiger partial charge < -0.3 is 9.63 Å². The molecule has 1 heterocycles. The minimum atomic E-state index is 0.0555. The first-order chi connectivity index (χ1) is 10.0. The highest BCUT2D eigenvalue weighted by molar-refractivity contribution is 6.35. The molecule has 1 N–H and O–H groups in total. The fraction of sp³-hybridized carbons (Fsp3) is 0. The number of nitrogens with zero attached hydrogens (tertiary/aromatic N) is 2. The molecule has 0 radical (unpaired) electrons. The summed E-state index contributed by atoms with van der Waals surface area (Å²) in [5.74, 6) is 0.579. The number of phenols is 1. The van der Waals surface area contributed by atoms with Gasteiger partial charge in [0.15, 0.2) is 0 Å². The second-order valence-electron chi connectivity index (χ2n) is 4.25. The van der Waals surface area contributed by atoms with Crippen LogP contribution in [0, 0.1) is 0 Å². The number of aromatic hydroxyl groups is 1. The van der Waals surface area contributed by atoms with Gasteiger partial charge in [-0.25, -0.2) is 0 Å².